The summed E-state index contributed by atoms with van der Waals surface area (Å²) in [4.78, 5) is 15.0. The Labute approximate surface area is 124 Å². The van der Waals surface area contributed by atoms with Gasteiger partial charge in [-0.05, 0) is 17.7 Å². The van der Waals surface area contributed by atoms with Crippen molar-refractivity contribution in [3.8, 4) is 0 Å². The Balaban J connectivity index is 2.63. The molecule has 6 heteroatoms. The lowest BCUT2D eigenvalue weighted by Gasteiger charge is -2.20. The number of rotatable bonds is 7. The number of nitrogens with one attached hydrogen (secondary N) is 1. The minimum Gasteiger partial charge on any atom is -0.395 e. The van der Waals surface area contributed by atoms with Crippen LogP contribution in [0.2, 0.25) is 0 Å². The average molecular weight is 295 g/mol. The van der Waals surface area contributed by atoms with Gasteiger partial charge in [-0.2, -0.15) is 0 Å². The van der Waals surface area contributed by atoms with Crippen molar-refractivity contribution in [1.82, 2.24) is 10.2 Å². The van der Waals surface area contributed by atoms with E-state index in [4.69, 9.17) is 5.11 Å². The van der Waals surface area contributed by atoms with Gasteiger partial charge in [-0.3, -0.25) is 0 Å². The molecule has 0 radical (unpaired) electrons. The van der Waals surface area contributed by atoms with Gasteiger partial charge in [-0.25, -0.2) is 9.18 Å². The van der Waals surface area contributed by atoms with Crippen LogP contribution in [0.25, 0.3) is 0 Å². The predicted molar refractivity (Wildman–Crippen MR) is 81.8 cm³/mol. The van der Waals surface area contributed by atoms with Crippen molar-refractivity contribution in [3.05, 3.63) is 42.2 Å². The molecule has 0 bridgehead atoms. The number of hydrogen-bond acceptors (Lipinski definition) is 3. The molecule has 2 N–H and O–H groups in total. The van der Waals surface area contributed by atoms with Gasteiger partial charge < -0.3 is 20.2 Å². The van der Waals surface area contributed by atoms with Crippen molar-refractivity contribution in [3.63, 3.8) is 0 Å². The molecule has 0 fully saturated rings. The zero-order chi connectivity index (χ0) is 15.8. The van der Waals surface area contributed by atoms with Crippen molar-refractivity contribution >= 4 is 11.7 Å². The zero-order valence-electron chi connectivity index (χ0n) is 12.5. The highest BCUT2D eigenvalue weighted by Crippen LogP contribution is 2.18. The maximum absolute atomic E-state index is 13.8. The second kappa shape index (κ2) is 8.26. The van der Waals surface area contributed by atoms with Crippen molar-refractivity contribution in [2.45, 2.75) is 6.54 Å². The Morgan fingerprint density at radius 1 is 1.48 bits per heavy atom. The van der Waals surface area contributed by atoms with Crippen LogP contribution in [0.4, 0.5) is 14.9 Å². The SMILES string of the molecule is C=CCN(CCO)C(=O)NCc1ccc(N(C)C)c(F)c1. The van der Waals surface area contributed by atoms with Crippen LogP contribution in [0, 0.1) is 5.82 Å². The van der Waals surface area contributed by atoms with E-state index in [1.165, 1.54) is 11.0 Å². The van der Waals surface area contributed by atoms with Gasteiger partial charge in [0.1, 0.15) is 5.82 Å². The lowest BCUT2D eigenvalue weighted by Crippen LogP contribution is -2.41. The van der Waals surface area contributed by atoms with Crippen LogP contribution in [0.15, 0.2) is 30.9 Å². The molecule has 0 heterocycles. The number of aliphatic hydroxyl groups excluding tert-OH is 1. The normalized spacial score (nSPS) is 10.1. The van der Waals surface area contributed by atoms with Crippen molar-refractivity contribution in [2.75, 3.05) is 38.7 Å². The quantitative estimate of drug-likeness (QED) is 0.751. The summed E-state index contributed by atoms with van der Waals surface area (Å²) in [6, 6.07) is 4.52. The maximum atomic E-state index is 13.8. The van der Waals surface area contributed by atoms with E-state index in [2.05, 4.69) is 11.9 Å². The van der Waals surface area contributed by atoms with Crippen LogP contribution in [0.3, 0.4) is 0 Å². The molecule has 0 saturated heterocycles. The fourth-order valence-electron chi connectivity index (χ4n) is 1.86. The summed E-state index contributed by atoms with van der Waals surface area (Å²) in [7, 11) is 3.53. The Bertz CT molecular complexity index is 492. The van der Waals surface area contributed by atoms with Crippen molar-refractivity contribution in [2.24, 2.45) is 0 Å². The molecule has 2 amide bonds. The number of nitrogens with zero attached hydrogens (tertiary/aromatic N) is 2. The minimum absolute atomic E-state index is 0.118. The van der Waals surface area contributed by atoms with E-state index in [9.17, 15) is 9.18 Å². The van der Waals surface area contributed by atoms with E-state index < -0.39 is 0 Å². The molecule has 0 unspecified atom stereocenters. The standard InChI is InChI=1S/C15H22FN3O2/c1-4-7-19(8-9-20)15(21)17-11-12-5-6-14(18(2)3)13(16)10-12/h4-6,10,20H,1,7-9,11H2,2-3H3,(H,17,21). The molecule has 0 aromatic heterocycles. The molecule has 0 aliphatic heterocycles. The van der Waals surface area contributed by atoms with E-state index in [0.29, 0.717) is 17.8 Å². The highest BCUT2D eigenvalue weighted by atomic mass is 19.1. The summed E-state index contributed by atoms with van der Waals surface area (Å²) in [6.45, 7) is 4.25. The van der Waals surface area contributed by atoms with Crippen LogP contribution < -0.4 is 10.2 Å². The fourth-order valence-corrected chi connectivity index (χ4v) is 1.86. The van der Waals surface area contributed by atoms with Gasteiger partial charge >= 0.3 is 6.03 Å². The van der Waals surface area contributed by atoms with E-state index in [0.717, 1.165) is 0 Å². The minimum atomic E-state index is -0.329. The van der Waals surface area contributed by atoms with Crippen LogP contribution in [-0.2, 0) is 6.54 Å². The van der Waals surface area contributed by atoms with Gasteiger partial charge in [0, 0.05) is 33.7 Å². The van der Waals surface area contributed by atoms with Gasteiger partial charge in [-0.1, -0.05) is 12.1 Å². The summed E-state index contributed by atoms with van der Waals surface area (Å²) in [5.74, 6) is -0.329. The summed E-state index contributed by atoms with van der Waals surface area (Å²) >= 11 is 0. The van der Waals surface area contributed by atoms with Crippen molar-refractivity contribution < 1.29 is 14.3 Å². The molecule has 0 atom stereocenters. The molecule has 1 aromatic rings. The first-order chi connectivity index (χ1) is 9.99. The average Bonchev–Trinajstić information content (AvgIpc) is 2.44. The van der Waals surface area contributed by atoms with E-state index in [1.807, 2.05) is 0 Å². The number of anilines is 1. The molecular weight excluding hydrogens is 273 g/mol. The summed E-state index contributed by atoms with van der Waals surface area (Å²) in [5.41, 5.74) is 1.17. The summed E-state index contributed by atoms with van der Waals surface area (Å²) in [6.07, 6.45) is 1.58. The molecule has 0 aliphatic rings. The molecular formula is C15H22FN3O2. The molecule has 0 saturated carbocycles. The monoisotopic (exact) mass is 295 g/mol. The summed E-state index contributed by atoms with van der Waals surface area (Å²) < 4.78 is 13.8. The molecule has 0 aliphatic carbocycles. The van der Waals surface area contributed by atoms with Gasteiger partial charge in [0.2, 0.25) is 0 Å². The largest absolute Gasteiger partial charge is 0.395 e. The van der Waals surface area contributed by atoms with Crippen LogP contribution in [-0.4, -0.2) is 49.8 Å². The smallest absolute Gasteiger partial charge is 0.318 e. The highest BCUT2D eigenvalue weighted by molar-refractivity contribution is 5.74. The number of urea groups is 1. The Morgan fingerprint density at radius 3 is 2.71 bits per heavy atom. The second-order valence-electron chi connectivity index (χ2n) is 4.80. The molecule has 116 valence electrons. The van der Waals surface area contributed by atoms with E-state index in [1.54, 1.807) is 37.2 Å². The first kappa shape index (κ1) is 17.0. The van der Waals surface area contributed by atoms with E-state index in [-0.39, 0.29) is 31.5 Å². The van der Waals surface area contributed by atoms with Crippen LogP contribution in [0.5, 0.6) is 0 Å². The molecule has 0 spiro atoms. The van der Waals surface area contributed by atoms with Crippen LogP contribution >= 0.6 is 0 Å². The second-order valence-corrected chi connectivity index (χ2v) is 4.80. The topological polar surface area (TPSA) is 55.8 Å². The summed E-state index contributed by atoms with van der Waals surface area (Å²) in [5, 5.41) is 11.6. The Morgan fingerprint density at radius 2 is 2.19 bits per heavy atom. The molecule has 1 rings (SSSR count). The third-order valence-electron chi connectivity index (χ3n) is 2.94. The number of carbonyl (C=O) groups is 1. The van der Waals surface area contributed by atoms with Gasteiger partial charge in [0.25, 0.3) is 0 Å². The fraction of sp³-hybridized carbons (Fsp3) is 0.400. The van der Waals surface area contributed by atoms with Gasteiger partial charge in [-0.15, -0.1) is 6.58 Å². The highest BCUT2D eigenvalue weighted by Gasteiger charge is 2.11. The number of hydrogen-bond donors (Lipinski definition) is 2. The molecule has 5 nitrogen and oxygen atoms in total. The Kier molecular flexibility index (Phi) is 6.68. The van der Waals surface area contributed by atoms with E-state index >= 15 is 0 Å². The lowest BCUT2D eigenvalue weighted by molar-refractivity contribution is 0.183. The number of benzene rings is 1. The molecule has 21 heavy (non-hydrogen) atoms. The first-order valence-corrected chi connectivity index (χ1v) is 6.70. The van der Waals surface area contributed by atoms with Gasteiger partial charge in [0.15, 0.2) is 0 Å². The van der Waals surface area contributed by atoms with Gasteiger partial charge in [0.05, 0.1) is 12.3 Å². The maximum Gasteiger partial charge on any atom is 0.318 e. The number of aliphatic hydroxyl groups is 1. The first-order valence-electron chi connectivity index (χ1n) is 6.70. The van der Waals surface area contributed by atoms with Crippen LogP contribution in [0.1, 0.15) is 5.56 Å². The zero-order valence-corrected chi connectivity index (χ0v) is 12.5. The number of amides is 2. The third kappa shape index (κ3) is 5.07. The number of halogens is 1. The Hall–Kier alpha value is -2.08. The third-order valence-corrected chi connectivity index (χ3v) is 2.94. The number of carbonyl (C=O) groups excluding carboxylic acids is 1. The van der Waals surface area contributed by atoms with Crippen molar-refractivity contribution in [1.29, 1.82) is 0 Å². The predicted octanol–water partition coefficient (Wildman–Crippen LogP) is 1.58. The molecule has 1 aromatic carbocycles. The lowest BCUT2D eigenvalue weighted by atomic mass is 10.2.